The summed E-state index contributed by atoms with van der Waals surface area (Å²) in [6.07, 6.45) is 0. The summed E-state index contributed by atoms with van der Waals surface area (Å²) in [4.78, 5) is 0. The third-order valence-corrected chi connectivity index (χ3v) is 1.18. The lowest BCUT2D eigenvalue weighted by molar-refractivity contribution is 0.425. The molecule has 0 atom stereocenters. The molecule has 1 rings (SSSR count). The van der Waals surface area contributed by atoms with Crippen LogP contribution >= 0.6 is 0 Å². The minimum absolute atomic E-state index is 0.192. The molecule has 0 amide bonds. The number of rotatable bonds is 1. The minimum atomic E-state index is -1.83. The summed E-state index contributed by atoms with van der Waals surface area (Å²) < 4.78 is 24.7. The van der Waals surface area contributed by atoms with Crippen LogP contribution in [0.1, 0.15) is 13.8 Å². The second-order valence-corrected chi connectivity index (χ2v) is 2.08. The van der Waals surface area contributed by atoms with Gasteiger partial charge in [-0.1, -0.05) is 13.8 Å². The number of hydrogen-bond acceptors (Lipinski definition) is 2. The van der Waals surface area contributed by atoms with Crippen LogP contribution in [0.5, 0.6) is 0 Å². The highest BCUT2D eigenvalue weighted by Crippen LogP contribution is 1.99. The maximum atomic E-state index is 12.3. The van der Waals surface area contributed by atoms with Gasteiger partial charge in [0, 0.05) is 6.07 Å². The topological polar surface area (TPSA) is 40.5 Å². The molecule has 13 heavy (non-hydrogen) atoms. The van der Waals surface area contributed by atoms with Crippen LogP contribution in [0.2, 0.25) is 0 Å². The number of halogens is 2. The molecule has 0 spiro atoms. The molecule has 0 saturated carbocycles. The van der Waals surface area contributed by atoms with E-state index < -0.39 is 18.8 Å². The van der Waals surface area contributed by atoms with Crippen LogP contribution in [-0.2, 0) is 0 Å². The molecule has 0 unspecified atom stereocenters. The lowest BCUT2D eigenvalue weighted by Gasteiger charge is -1.98. The Kier molecular flexibility index (Phi) is 5.26. The fourth-order valence-electron chi connectivity index (χ4n) is 0.724. The Labute approximate surface area is 76.0 Å². The van der Waals surface area contributed by atoms with E-state index in [1.807, 2.05) is 13.8 Å². The van der Waals surface area contributed by atoms with Crippen molar-refractivity contribution in [1.29, 1.82) is 0 Å². The van der Waals surface area contributed by atoms with Crippen molar-refractivity contribution in [3.05, 3.63) is 29.8 Å². The van der Waals surface area contributed by atoms with E-state index in [1.54, 1.807) is 0 Å². The van der Waals surface area contributed by atoms with Gasteiger partial charge in [0.15, 0.2) is 0 Å². The van der Waals surface area contributed by atoms with E-state index >= 15 is 0 Å². The van der Waals surface area contributed by atoms with Crippen LogP contribution in [0.4, 0.5) is 8.78 Å². The Balaban J connectivity index is 0.000000671. The van der Waals surface area contributed by atoms with Crippen LogP contribution in [0, 0.1) is 11.6 Å². The molecule has 0 bridgehead atoms. The molecule has 1 aromatic rings. The lowest BCUT2D eigenvalue weighted by atomic mass is 9.80. The van der Waals surface area contributed by atoms with Crippen LogP contribution in [0.15, 0.2) is 18.2 Å². The molecule has 0 heterocycles. The van der Waals surface area contributed by atoms with Crippen LogP contribution in [-0.4, -0.2) is 17.2 Å². The van der Waals surface area contributed by atoms with E-state index in [-0.39, 0.29) is 5.46 Å². The lowest BCUT2D eigenvalue weighted by Crippen LogP contribution is -2.30. The quantitative estimate of drug-likeness (QED) is 0.636. The SMILES string of the molecule is CC.OB(O)c1cc(F)cc(F)c1. The van der Waals surface area contributed by atoms with E-state index in [0.29, 0.717) is 6.07 Å². The van der Waals surface area contributed by atoms with Crippen molar-refractivity contribution in [1.82, 2.24) is 0 Å². The molecule has 5 heteroatoms. The third-order valence-electron chi connectivity index (χ3n) is 1.18. The van der Waals surface area contributed by atoms with Crippen molar-refractivity contribution in [2.45, 2.75) is 13.8 Å². The van der Waals surface area contributed by atoms with Gasteiger partial charge in [-0.3, -0.25) is 0 Å². The van der Waals surface area contributed by atoms with Gasteiger partial charge in [-0.25, -0.2) is 8.78 Å². The zero-order chi connectivity index (χ0) is 10.4. The molecule has 0 radical (unpaired) electrons. The normalized spacial score (nSPS) is 8.77. The van der Waals surface area contributed by atoms with Gasteiger partial charge < -0.3 is 10.0 Å². The molecule has 0 aromatic heterocycles. The van der Waals surface area contributed by atoms with Gasteiger partial charge in [-0.15, -0.1) is 0 Å². The molecular weight excluding hydrogens is 177 g/mol. The fraction of sp³-hybridized carbons (Fsp3) is 0.250. The Hall–Kier alpha value is -0.935. The first kappa shape index (κ1) is 12.1. The monoisotopic (exact) mass is 188 g/mol. The molecule has 0 aliphatic rings. The smallest absolute Gasteiger partial charge is 0.423 e. The van der Waals surface area contributed by atoms with Crippen LogP contribution < -0.4 is 5.46 Å². The zero-order valence-electron chi connectivity index (χ0n) is 7.46. The Morgan fingerprint density at radius 2 is 1.38 bits per heavy atom. The summed E-state index contributed by atoms with van der Waals surface area (Å²) in [5, 5.41) is 17.0. The Bertz CT molecular complexity index is 246. The van der Waals surface area contributed by atoms with E-state index in [4.69, 9.17) is 10.0 Å². The van der Waals surface area contributed by atoms with E-state index in [2.05, 4.69) is 0 Å². The summed E-state index contributed by atoms with van der Waals surface area (Å²) in [6.45, 7) is 4.00. The second kappa shape index (κ2) is 5.67. The zero-order valence-corrected chi connectivity index (χ0v) is 7.46. The second-order valence-electron chi connectivity index (χ2n) is 2.08. The predicted octanol–water partition coefficient (Wildman–Crippen LogP) is 0.671. The highest BCUT2D eigenvalue weighted by atomic mass is 19.1. The van der Waals surface area contributed by atoms with Gasteiger partial charge >= 0.3 is 7.12 Å². The van der Waals surface area contributed by atoms with Crippen molar-refractivity contribution in [3.63, 3.8) is 0 Å². The van der Waals surface area contributed by atoms with Gasteiger partial charge in [0.25, 0.3) is 0 Å². The summed E-state index contributed by atoms with van der Waals surface area (Å²) in [5.74, 6) is -1.65. The first-order chi connectivity index (χ1) is 6.09. The Morgan fingerprint density at radius 1 is 1.00 bits per heavy atom. The van der Waals surface area contributed by atoms with Gasteiger partial charge in [0.2, 0.25) is 0 Å². The standard InChI is InChI=1S/C6H5BF2O2.C2H6/c8-5-1-4(7(10)11)2-6(9)3-5;1-2/h1-3,10-11H;1-2H3. The highest BCUT2D eigenvalue weighted by molar-refractivity contribution is 6.58. The van der Waals surface area contributed by atoms with Crippen LogP contribution in [0.25, 0.3) is 0 Å². The average molecular weight is 188 g/mol. The number of hydrogen-bond donors (Lipinski definition) is 2. The van der Waals surface area contributed by atoms with Crippen molar-refractivity contribution in [2.24, 2.45) is 0 Å². The predicted molar refractivity (Wildman–Crippen MR) is 47.5 cm³/mol. The first-order valence-electron chi connectivity index (χ1n) is 3.92. The van der Waals surface area contributed by atoms with Gasteiger partial charge in [0.05, 0.1) is 0 Å². The molecule has 0 aliphatic heterocycles. The molecule has 0 saturated heterocycles. The molecule has 2 N–H and O–H groups in total. The van der Waals surface area contributed by atoms with Gasteiger partial charge in [0.1, 0.15) is 11.6 Å². The fourth-order valence-corrected chi connectivity index (χ4v) is 0.724. The van der Waals surface area contributed by atoms with Gasteiger partial charge in [-0.2, -0.15) is 0 Å². The minimum Gasteiger partial charge on any atom is -0.423 e. The molecular formula is C8H11BF2O2. The molecule has 2 nitrogen and oxygen atoms in total. The summed E-state index contributed by atoms with van der Waals surface area (Å²) in [5.41, 5.74) is -0.192. The van der Waals surface area contributed by atoms with Crippen molar-refractivity contribution >= 4 is 12.6 Å². The van der Waals surface area contributed by atoms with Crippen molar-refractivity contribution in [3.8, 4) is 0 Å². The van der Waals surface area contributed by atoms with Crippen molar-refractivity contribution in [2.75, 3.05) is 0 Å². The summed E-state index contributed by atoms with van der Waals surface area (Å²) >= 11 is 0. The van der Waals surface area contributed by atoms with Crippen LogP contribution in [0.3, 0.4) is 0 Å². The summed E-state index contributed by atoms with van der Waals surface area (Å²) in [7, 11) is -1.83. The molecule has 1 aromatic carbocycles. The van der Waals surface area contributed by atoms with E-state index in [0.717, 1.165) is 12.1 Å². The van der Waals surface area contributed by atoms with E-state index in [9.17, 15) is 8.78 Å². The maximum Gasteiger partial charge on any atom is 0.488 e. The average Bonchev–Trinajstić information content (AvgIpc) is 2.06. The number of benzene rings is 1. The van der Waals surface area contributed by atoms with E-state index in [1.165, 1.54) is 0 Å². The van der Waals surface area contributed by atoms with Gasteiger partial charge in [-0.05, 0) is 17.6 Å². The largest absolute Gasteiger partial charge is 0.488 e. The highest BCUT2D eigenvalue weighted by Gasteiger charge is 2.12. The molecule has 0 fully saturated rings. The Morgan fingerprint density at radius 3 is 1.69 bits per heavy atom. The summed E-state index contributed by atoms with van der Waals surface area (Å²) in [6, 6.07) is 2.37. The molecule has 72 valence electrons. The third kappa shape index (κ3) is 4.01. The van der Waals surface area contributed by atoms with Crippen molar-refractivity contribution < 1.29 is 18.8 Å². The molecule has 0 aliphatic carbocycles. The maximum absolute atomic E-state index is 12.3. The first-order valence-corrected chi connectivity index (χ1v) is 3.92.